The van der Waals surface area contributed by atoms with Crippen molar-refractivity contribution in [1.82, 2.24) is 28.9 Å². The van der Waals surface area contributed by atoms with E-state index in [2.05, 4.69) is 25.8 Å². The molecule has 2 aromatic heterocycles. The normalized spacial score (nSPS) is 23.0. The van der Waals surface area contributed by atoms with Gasteiger partial charge in [0, 0.05) is 32.4 Å². The summed E-state index contributed by atoms with van der Waals surface area (Å²) in [5.41, 5.74) is 4.61. The summed E-state index contributed by atoms with van der Waals surface area (Å²) in [5, 5.41) is 16.5. The van der Waals surface area contributed by atoms with Crippen molar-refractivity contribution < 1.29 is 18.3 Å². The predicted molar refractivity (Wildman–Crippen MR) is 133 cm³/mol. The van der Waals surface area contributed by atoms with Gasteiger partial charge in [-0.25, -0.2) is 4.98 Å². The first kappa shape index (κ1) is 24.6. The molecule has 1 saturated heterocycles. The average molecular weight is 515 g/mol. The topological polar surface area (TPSA) is 143 Å². The quantitative estimate of drug-likeness (QED) is 0.492. The number of anilines is 1. The lowest BCUT2D eigenvalue weighted by Crippen LogP contribution is -2.52. The summed E-state index contributed by atoms with van der Waals surface area (Å²) in [5.74, 6) is -0.103. The number of hydrogen-bond acceptors (Lipinski definition) is 9. The Morgan fingerprint density at radius 3 is 2.72 bits per heavy atom. The molecule has 1 unspecified atom stereocenters. The van der Waals surface area contributed by atoms with E-state index in [1.807, 2.05) is 24.8 Å². The van der Waals surface area contributed by atoms with E-state index in [1.54, 1.807) is 30.7 Å². The molecule has 192 valence electrons. The lowest BCUT2D eigenvalue weighted by atomic mass is 10.0. The highest BCUT2D eigenvalue weighted by Crippen LogP contribution is 2.30. The van der Waals surface area contributed by atoms with Crippen LogP contribution in [0.4, 0.5) is 5.82 Å². The number of amides is 1. The molecule has 2 atom stereocenters. The van der Waals surface area contributed by atoms with Gasteiger partial charge in [-0.05, 0) is 56.0 Å². The van der Waals surface area contributed by atoms with Crippen LogP contribution in [0.1, 0.15) is 54.0 Å². The second-order valence-corrected chi connectivity index (χ2v) is 11.4. The molecule has 3 aliphatic heterocycles. The van der Waals surface area contributed by atoms with Crippen LogP contribution in [0.2, 0.25) is 0 Å². The van der Waals surface area contributed by atoms with Crippen LogP contribution < -0.4 is 10.7 Å². The lowest BCUT2D eigenvalue weighted by molar-refractivity contribution is 0.0952. The zero-order valence-electron chi connectivity index (χ0n) is 20.3. The van der Waals surface area contributed by atoms with Gasteiger partial charge in [0.1, 0.15) is 17.9 Å². The smallest absolute Gasteiger partial charge is 0.282 e. The molecule has 0 aliphatic carbocycles. The van der Waals surface area contributed by atoms with Gasteiger partial charge in [-0.2, -0.15) is 22.1 Å². The summed E-state index contributed by atoms with van der Waals surface area (Å²) >= 11 is 0. The fourth-order valence-electron chi connectivity index (χ4n) is 4.80. The summed E-state index contributed by atoms with van der Waals surface area (Å²) in [7, 11) is -3.53. The number of rotatable bonds is 7. The SMILES string of the molecule is C[C@H](CO)N1C=NNC1(C)c1cccc(NC(=O)c2cc3c(cn2)CN(S(=O)(=O)N2CCCC2)C3)n1. The van der Waals surface area contributed by atoms with Crippen LogP contribution in [0.25, 0.3) is 0 Å². The highest BCUT2D eigenvalue weighted by molar-refractivity contribution is 7.86. The molecule has 0 radical (unpaired) electrons. The third-order valence-corrected chi connectivity index (χ3v) is 8.86. The number of carbonyl (C=O) groups excluding carboxylic acids is 1. The Kier molecular flexibility index (Phi) is 6.41. The van der Waals surface area contributed by atoms with Crippen molar-refractivity contribution in [1.29, 1.82) is 0 Å². The summed E-state index contributed by atoms with van der Waals surface area (Å²) in [6.07, 6.45) is 4.95. The van der Waals surface area contributed by atoms with Crippen LogP contribution in [0, 0.1) is 0 Å². The van der Waals surface area contributed by atoms with Crippen molar-refractivity contribution in [3.05, 3.63) is 53.0 Å². The van der Waals surface area contributed by atoms with E-state index in [9.17, 15) is 18.3 Å². The Labute approximate surface area is 210 Å². The van der Waals surface area contributed by atoms with Crippen LogP contribution in [0.15, 0.2) is 35.6 Å². The van der Waals surface area contributed by atoms with E-state index in [-0.39, 0.29) is 31.4 Å². The molecule has 0 saturated carbocycles. The molecule has 5 rings (SSSR count). The Bertz CT molecular complexity index is 1300. The van der Waals surface area contributed by atoms with Gasteiger partial charge in [0.15, 0.2) is 5.66 Å². The molecule has 13 heteroatoms. The molecule has 2 aromatic rings. The third-order valence-electron chi connectivity index (χ3n) is 6.94. The maximum atomic E-state index is 13.0. The van der Waals surface area contributed by atoms with Gasteiger partial charge in [0.2, 0.25) is 0 Å². The second-order valence-electron chi connectivity index (χ2n) is 9.45. The van der Waals surface area contributed by atoms with E-state index >= 15 is 0 Å². The minimum atomic E-state index is -3.53. The molecule has 0 aromatic carbocycles. The molecule has 0 spiro atoms. The first-order chi connectivity index (χ1) is 17.2. The number of aromatic nitrogens is 2. The molecule has 3 aliphatic rings. The largest absolute Gasteiger partial charge is 0.394 e. The number of aliphatic hydroxyl groups excluding tert-OH is 1. The summed E-state index contributed by atoms with van der Waals surface area (Å²) in [4.78, 5) is 23.7. The van der Waals surface area contributed by atoms with Gasteiger partial charge in [0.25, 0.3) is 16.1 Å². The standard InChI is InChI=1S/C23H30N8O4S/c1-16(14-32)31-15-25-28-23(31,2)20-6-5-7-21(26-20)27-22(33)19-10-17-12-30(13-18(17)11-24-19)36(34,35)29-8-3-4-9-29/h5-7,10-11,15-16,28,32H,3-4,8-9,12-14H2,1-2H3,(H,26,27,33)/t16-,23?/m1/s1. The van der Waals surface area contributed by atoms with Gasteiger partial charge in [-0.3, -0.25) is 15.2 Å². The summed E-state index contributed by atoms with van der Waals surface area (Å²) < 4.78 is 28.8. The molecular formula is C23H30N8O4S. The van der Waals surface area contributed by atoms with Crippen molar-refractivity contribution in [3.8, 4) is 0 Å². The molecular weight excluding hydrogens is 484 g/mol. The third kappa shape index (κ3) is 4.32. The van der Waals surface area contributed by atoms with Crippen LogP contribution in [0.3, 0.4) is 0 Å². The summed E-state index contributed by atoms with van der Waals surface area (Å²) in [6, 6.07) is 6.72. The lowest BCUT2D eigenvalue weighted by Gasteiger charge is -2.37. The molecule has 36 heavy (non-hydrogen) atoms. The number of carbonyl (C=O) groups is 1. The van der Waals surface area contributed by atoms with E-state index in [1.165, 1.54) is 8.61 Å². The number of fused-ring (bicyclic) bond motifs is 1. The van der Waals surface area contributed by atoms with Crippen molar-refractivity contribution in [2.45, 2.75) is 51.5 Å². The Hall–Kier alpha value is -3.13. The number of hydrogen-bond donors (Lipinski definition) is 3. The minimum absolute atomic E-state index is 0.0551. The van der Waals surface area contributed by atoms with Crippen LogP contribution in [0.5, 0.6) is 0 Å². The predicted octanol–water partition coefficient (Wildman–Crippen LogP) is 0.787. The fourth-order valence-corrected chi connectivity index (χ4v) is 6.45. The number of hydrazone groups is 1. The van der Waals surface area contributed by atoms with Crippen molar-refractivity contribution in [2.24, 2.45) is 5.10 Å². The highest BCUT2D eigenvalue weighted by Gasteiger charge is 2.40. The van der Waals surface area contributed by atoms with Crippen molar-refractivity contribution in [2.75, 3.05) is 25.0 Å². The Morgan fingerprint density at radius 2 is 1.97 bits per heavy atom. The van der Waals surface area contributed by atoms with E-state index < -0.39 is 21.8 Å². The number of nitrogens with zero attached hydrogens (tertiary/aromatic N) is 6. The van der Waals surface area contributed by atoms with Crippen molar-refractivity contribution >= 4 is 28.3 Å². The van der Waals surface area contributed by atoms with Crippen LogP contribution in [-0.4, -0.2) is 75.0 Å². The first-order valence-electron chi connectivity index (χ1n) is 11.9. The van der Waals surface area contributed by atoms with E-state index in [0.717, 1.165) is 24.0 Å². The molecule has 3 N–H and O–H groups in total. The van der Waals surface area contributed by atoms with Gasteiger partial charge in [-0.1, -0.05) is 6.07 Å². The number of nitrogens with one attached hydrogen (secondary N) is 2. The summed E-state index contributed by atoms with van der Waals surface area (Å²) in [6.45, 7) is 5.27. The molecule has 5 heterocycles. The monoisotopic (exact) mass is 514 g/mol. The van der Waals surface area contributed by atoms with Gasteiger partial charge >= 0.3 is 0 Å². The number of aliphatic hydroxyl groups is 1. The Balaban J connectivity index is 1.30. The van der Waals surface area contributed by atoms with Crippen LogP contribution in [-0.2, 0) is 29.0 Å². The zero-order valence-corrected chi connectivity index (χ0v) is 21.1. The minimum Gasteiger partial charge on any atom is -0.394 e. The maximum absolute atomic E-state index is 13.0. The first-order valence-corrected chi connectivity index (χ1v) is 13.3. The van der Waals surface area contributed by atoms with Crippen LogP contribution >= 0.6 is 0 Å². The van der Waals surface area contributed by atoms with E-state index in [4.69, 9.17) is 0 Å². The average Bonchev–Trinajstić information content (AvgIpc) is 3.63. The molecule has 1 amide bonds. The highest BCUT2D eigenvalue weighted by atomic mass is 32.2. The molecule has 1 fully saturated rings. The second kappa shape index (κ2) is 9.39. The van der Waals surface area contributed by atoms with Crippen molar-refractivity contribution in [3.63, 3.8) is 0 Å². The maximum Gasteiger partial charge on any atom is 0.282 e. The zero-order chi connectivity index (χ0) is 25.5. The van der Waals surface area contributed by atoms with E-state index in [0.29, 0.717) is 24.6 Å². The molecule has 0 bridgehead atoms. The fraction of sp³-hybridized carbons (Fsp3) is 0.478. The van der Waals surface area contributed by atoms with Gasteiger partial charge in [0.05, 0.1) is 18.3 Å². The van der Waals surface area contributed by atoms with Gasteiger partial charge in [-0.15, -0.1) is 0 Å². The molecule has 12 nitrogen and oxygen atoms in total. The van der Waals surface area contributed by atoms with Gasteiger partial charge < -0.3 is 15.3 Å². The number of pyridine rings is 2. The Morgan fingerprint density at radius 1 is 1.22 bits per heavy atom.